The molecule has 1 unspecified atom stereocenters. The molecule has 0 fully saturated rings. The van der Waals surface area contributed by atoms with Gasteiger partial charge in [-0.15, -0.1) is 11.3 Å². The third-order valence-corrected chi connectivity index (χ3v) is 3.82. The van der Waals surface area contributed by atoms with Crippen molar-refractivity contribution in [1.82, 2.24) is 0 Å². The third kappa shape index (κ3) is 4.02. The summed E-state index contributed by atoms with van der Waals surface area (Å²) in [6, 6.07) is 11.6. The molecule has 2 rings (SSSR count). The Morgan fingerprint density at radius 3 is 2.83 bits per heavy atom. The fourth-order valence-corrected chi connectivity index (χ4v) is 2.70. The van der Waals surface area contributed by atoms with Crippen molar-refractivity contribution in [1.29, 1.82) is 0 Å². The molecule has 18 heavy (non-hydrogen) atoms. The summed E-state index contributed by atoms with van der Waals surface area (Å²) in [6.07, 6.45) is 0.967. The molecule has 2 N–H and O–H groups in total. The second kappa shape index (κ2) is 6.78. The quantitative estimate of drug-likeness (QED) is 0.878. The van der Waals surface area contributed by atoms with Gasteiger partial charge in [0.25, 0.3) is 0 Å². The van der Waals surface area contributed by atoms with Gasteiger partial charge in [-0.25, -0.2) is 0 Å². The van der Waals surface area contributed by atoms with Crippen LogP contribution in [0.1, 0.15) is 4.88 Å². The maximum Gasteiger partial charge on any atom is 0.120 e. The average Bonchev–Trinajstić information content (AvgIpc) is 2.87. The number of benzene rings is 1. The van der Waals surface area contributed by atoms with Crippen molar-refractivity contribution in [3.05, 3.63) is 51.7 Å². The molecule has 0 amide bonds. The van der Waals surface area contributed by atoms with Crippen LogP contribution in [0.15, 0.2) is 41.8 Å². The lowest BCUT2D eigenvalue weighted by Gasteiger charge is -2.15. The van der Waals surface area contributed by atoms with E-state index in [2.05, 4.69) is 17.5 Å². The Morgan fingerprint density at radius 1 is 1.28 bits per heavy atom. The molecule has 1 aromatic heterocycles. The standard InChI is InChI=1S/C14H16ClNOS/c15-12-3-1-4-13(8-12)17-10-11(9-16)7-14-5-2-6-18-14/h1-6,8,11H,7,9-10,16H2. The summed E-state index contributed by atoms with van der Waals surface area (Å²) in [5.41, 5.74) is 5.78. The van der Waals surface area contributed by atoms with Gasteiger partial charge in [0.15, 0.2) is 0 Å². The molecule has 0 aliphatic heterocycles. The van der Waals surface area contributed by atoms with Crippen LogP contribution in [0.2, 0.25) is 5.02 Å². The minimum absolute atomic E-state index is 0.336. The van der Waals surface area contributed by atoms with Crippen molar-refractivity contribution in [2.24, 2.45) is 11.7 Å². The van der Waals surface area contributed by atoms with E-state index in [1.807, 2.05) is 24.3 Å². The Kier molecular flexibility index (Phi) is 5.05. The summed E-state index contributed by atoms with van der Waals surface area (Å²) in [5.74, 6) is 1.13. The molecule has 0 saturated carbocycles. The van der Waals surface area contributed by atoms with Gasteiger partial charge in [-0.2, -0.15) is 0 Å². The van der Waals surface area contributed by atoms with Gasteiger partial charge in [0.2, 0.25) is 0 Å². The first-order chi connectivity index (χ1) is 8.78. The number of rotatable bonds is 6. The first-order valence-electron chi connectivity index (χ1n) is 5.88. The van der Waals surface area contributed by atoms with Crippen molar-refractivity contribution in [2.75, 3.05) is 13.2 Å². The Morgan fingerprint density at radius 2 is 2.17 bits per heavy atom. The number of halogens is 1. The summed E-state index contributed by atoms with van der Waals surface area (Å²) < 4.78 is 5.73. The van der Waals surface area contributed by atoms with E-state index in [1.54, 1.807) is 11.3 Å². The zero-order valence-corrected chi connectivity index (χ0v) is 11.6. The lowest BCUT2D eigenvalue weighted by Crippen LogP contribution is -2.23. The summed E-state index contributed by atoms with van der Waals surface area (Å²) in [4.78, 5) is 1.35. The highest BCUT2D eigenvalue weighted by molar-refractivity contribution is 7.09. The van der Waals surface area contributed by atoms with E-state index in [0.29, 0.717) is 24.1 Å². The fraction of sp³-hybridized carbons (Fsp3) is 0.286. The Balaban J connectivity index is 1.87. The van der Waals surface area contributed by atoms with Crippen molar-refractivity contribution < 1.29 is 4.74 Å². The van der Waals surface area contributed by atoms with Crippen molar-refractivity contribution >= 4 is 22.9 Å². The lowest BCUT2D eigenvalue weighted by atomic mass is 10.1. The van der Waals surface area contributed by atoms with Crippen LogP contribution in [0.25, 0.3) is 0 Å². The predicted octanol–water partition coefficient (Wildman–Crippen LogP) is 3.60. The molecule has 0 aliphatic rings. The van der Waals surface area contributed by atoms with E-state index in [9.17, 15) is 0 Å². The van der Waals surface area contributed by atoms with Gasteiger partial charge in [0, 0.05) is 15.8 Å². The first-order valence-corrected chi connectivity index (χ1v) is 7.14. The molecule has 1 atom stereocenters. The topological polar surface area (TPSA) is 35.2 Å². The Hall–Kier alpha value is -1.03. The molecule has 2 aromatic rings. The summed E-state index contributed by atoms with van der Waals surface area (Å²) >= 11 is 7.66. The van der Waals surface area contributed by atoms with E-state index in [4.69, 9.17) is 22.1 Å². The highest BCUT2D eigenvalue weighted by Crippen LogP contribution is 2.19. The van der Waals surface area contributed by atoms with Gasteiger partial charge < -0.3 is 10.5 Å². The highest BCUT2D eigenvalue weighted by atomic mass is 35.5. The highest BCUT2D eigenvalue weighted by Gasteiger charge is 2.09. The van der Waals surface area contributed by atoms with Gasteiger partial charge in [-0.1, -0.05) is 23.7 Å². The van der Waals surface area contributed by atoms with E-state index < -0.39 is 0 Å². The van der Waals surface area contributed by atoms with Gasteiger partial charge in [0.05, 0.1) is 6.61 Å². The zero-order chi connectivity index (χ0) is 12.8. The summed E-state index contributed by atoms with van der Waals surface area (Å²) in [7, 11) is 0. The van der Waals surface area contributed by atoms with Gasteiger partial charge in [-0.05, 0) is 42.6 Å². The number of thiophene rings is 1. The fourth-order valence-electron chi connectivity index (χ4n) is 1.69. The number of ether oxygens (including phenoxy) is 1. The second-order valence-electron chi connectivity index (χ2n) is 4.15. The van der Waals surface area contributed by atoms with Crippen LogP contribution in [0.4, 0.5) is 0 Å². The molecule has 0 radical (unpaired) electrons. The largest absolute Gasteiger partial charge is 0.493 e. The van der Waals surface area contributed by atoms with Crippen molar-refractivity contribution in [3.63, 3.8) is 0 Å². The number of hydrogen-bond donors (Lipinski definition) is 1. The molecular weight excluding hydrogens is 266 g/mol. The molecule has 1 heterocycles. The Labute approximate surface area is 116 Å². The van der Waals surface area contributed by atoms with Crippen LogP contribution in [0, 0.1) is 5.92 Å². The van der Waals surface area contributed by atoms with E-state index >= 15 is 0 Å². The summed E-state index contributed by atoms with van der Waals surface area (Å²) in [5, 5.41) is 2.77. The molecule has 0 bridgehead atoms. The molecule has 0 spiro atoms. The van der Waals surface area contributed by atoms with Crippen LogP contribution >= 0.6 is 22.9 Å². The minimum atomic E-state index is 0.336. The third-order valence-electron chi connectivity index (χ3n) is 2.69. The summed E-state index contributed by atoms with van der Waals surface area (Å²) in [6.45, 7) is 1.24. The smallest absolute Gasteiger partial charge is 0.120 e. The SMILES string of the molecule is NCC(COc1cccc(Cl)c1)Cc1cccs1. The number of hydrogen-bond acceptors (Lipinski definition) is 3. The molecule has 0 aliphatic carbocycles. The van der Waals surface area contributed by atoms with E-state index in [1.165, 1.54) is 4.88 Å². The van der Waals surface area contributed by atoms with Crippen LogP contribution in [-0.4, -0.2) is 13.2 Å². The van der Waals surface area contributed by atoms with Gasteiger partial charge >= 0.3 is 0 Å². The number of nitrogens with two attached hydrogens (primary N) is 1. The first kappa shape index (κ1) is 13.4. The monoisotopic (exact) mass is 281 g/mol. The maximum absolute atomic E-state index is 5.91. The van der Waals surface area contributed by atoms with Gasteiger partial charge in [0.1, 0.15) is 5.75 Å². The molecular formula is C14H16ClNOS. The zero-order valence-electron chi connectivity index (χ0n) is 10.0. The average molecular weight is 282 g/mol. The Bertz CT molecular complexity index is 472. The molecule has 4 heteroatoms. The van der Waals surface area contributed by atoms with Gasteiger partial charge in [-0.3, -0.25) is 0 Å². The van der Waals surface area contributed by atoms with E-state index in [0.717, 1.165) is 12.2 Å². The predicted molar refractivity (Wildman–Crippen MR) is 77.5 cm³/mol. The molecule has 0 saturated heterocycles. The van der Waals surface area contributed by atoms with Crippen molar-refractivity contribution in [3.8, 4) is 5.75 Å². The van der Waals surface area contributed by atoms with Crippen LogP contribution in [0.5, 0.6) is 5.75 Å². The normalized spacial score (nSPS) is 12.3. The van der Waals surface area contributed by atoms with E-state index in [-0.39, 0.29) is 0 Å². The molecule has 1 aromatic carbocycles. The minimum Gasteiger partial charge on any atom is -0.493 e. The maximum atomic E-state index is 5.91. The molecule has 96 valence electrons. The van der Waals surface area contributed by atoms with Crippen LogP contribution in [0.3, 0.4) is 0 Å². The van der Waals surface area contributed by atoms with Crippen LogP contribution < -0.4 is 10.5 Å². The van der Waals surface area contributed by atoms with Crippen LogP contribution in [-0.2, 0) is 6.42 Å². The lowest BCUT2D eigenvalue weighted by molar-refractivity contribution is 0.252. The molecule has 2 nitrogen and oxygen atoms in total. The van der Waals surface area contributed by atoms with Crippen molar-refractivity contribution in [2.45, 2.75) is 6.42 Å². The second-order valence-corrected chi connectivity index (χ2v) is 5.62.